The van der Waals surface area contributed by atoms with Gasteiger partial charge in [-0.2, -0.15) is 10.5 Å². The van der Waals surface area contributed by atoms with Gasteiger partial charge in [-0.05, 0) is 30.3 Å². The van der Waals surface area contributed by atoms with Crippen LogP contribution < -0.4 is 9.47 Å². The molecule has 0 fully saturated rings. The number of ether oxygens (including phenoxy) is 3. The van der Waals surface area contributed by atoms with E-state index in [1.54, 1.807) is 36.4 Å². The van der Waals surface area contributed by atoms with Crippen molar-refractivity contribution in [2.75, 3.05) is 14.2 Å². The van der Waals surface area contributed by atoms with Gasteiger partial charge in [-0.15, -0.1) is 0 Å². The van der Waals surface area contributed by atoms with Crippen LogP contribution in [0.4, 0.5) is 0 Å². The summed E-state index contributed by atoms with van der Waals surface area (Å²) >= 11 is 0. The van der Waals surface area contributed by atoms with E-state index in [4.69, 9.17) is 14.2 Å². The Morgan fingerprint density at radius 1 is 0.958 bits per heavy atom. The first-order chi connectivity index (χ1) is 11.6. The molecule has 2 aromatic rings. The third-order valence-electron chi connectivity index (χ3n) is 3.34. The normalized spacial score (nSPS) is 10.2. The van der Waals surface area contributed by atoms with Crippen molar-refractivity contribution in [1.29, 1.82) is 10.5 Å². The summed E-state index contributed by atoms with van der Waals surface area (Å²) in [5, 5.41) is 18.9. The Balaban J connectivity index is 2.39. The Morgan fingerprint density at radius 2 is 1.54 bits per heavy atom. The molecule has 0 radical (unpaired) electrons. The van der Waals surface area contributed by atoms with E-state index in [0.717, 1.165) is 0 Å². The molecule has 0 atom stereocenters. The van der Waals surface area contributed by atoms with Crippen molar-refractivity contribution in [2.45, 2.75) is 5.60 Å². The van der Waals surface area contributed by atoms with Crippen LogP contribution in [0.2, 0.25) is 0 Å². The fraction of sp³-hybridized carbons (Fsp3) is 0.167. The molecule has 0 N–H and O–H groups in total. The van der Waals surface area contributed by atoms with Crippen molar-refractivity contribution < 1.29 is 19.0 Å². The molecule has 0 unspecified atom stereocenters. The van der Waals surface area contributed by atoms with Crippen molar-refractivity contribution in [2.24, 2.45) is 0 Å². The monoisotopic (exact) mass is 322 g/mol. The number of hydrogen-bond donors (Lipinski definition) is 0. The zero-order valence-electron chi connectivity index (χ0n) is 13.1. The van der Waals surface area contributed by atoms with Crippen LogP contribution in [0.15, 0.2) is 48.5 Å². The molecular formula is C18H14N2O4. The molecule has 0 saturated carbocycles. The molecule has 2 rings (SSSR count). The molecule has 24 heavy (non-hydrogen) atoms. The smallest absolute Gasteiger partial charge is 0.340 e. The predicted molar refractivity (Wildman–Crippen MR) is 84.3 cm³/mol. The van der Waals surface area contributed by atoms with E-state index in [1.165, 1.54) is 38.5 Å². The van der Waals surface area contributed by atoms with Crippen LogP contribution in [0, 0.1) is 22.7 Å². The lowest BCUT2D eigenvalue weighted by molar-refractivity contribution is 0.0237. The first-order valence-corrected chi connectivity index (χ1v) is 6.93. The molecule has 2 aromatic carbocycles. The molecule has 0 aliphatic rings. The number of benzene rings is 2. The van der Waals surface area contributed by atoms with E-state index in [1.807, 2.05) is 0 Å². The van der Waals surface area contributed by atoms with Gasteiger partial charge in [-0.3, -0.25) is 0 Å². The minimum atomic E-state index is -2.07. The summed E-state index contributed by atoms with van der Waals surface area (Å²) < 4.78 is 15.4. The number of carbonyl (C=O) groups is 1. The van der Waals surface area contributed by atoms with Gasteiger partial charge in [0.15, 0.2) is 0 Å². The Labute approximate surface area is 139 Å². The number of rotatable bonds is 5. The molecule has 0 aliphatic carbocycles. The fourth-order valence-electron chi connectivity index (χ4n) is 2.05. The van der Waals surface area contributed by atoms with Crippen molar-refractivity contribution in [3.8, 4) is 23.6 Å². The summed E-state index contributed by atoms with van der Waals surface area (Å²) in [6.45, 7) is 0. The molecule has 0 amide bonds. The summed E-state index contributed by atoms with van der Waals surface area (Å²) in [4.78, 5) is 12.4. The topological polar surface area (TPSA) is 92.3 Å². The van der Waals surface area contributed by atoms with E-state index >= 15 is 0 Å². The summed E-state index contributed by atoms with van der Waals surface area (Å²) in [6, 6.07) is 16.1. The second kappa shape index (κ2) is 7.17. The minimum absolute atomic E-state index is 0.173. The second-order valence-corrected chi connectivity index (χ2v) is 4.76. The number of esters is 1. The zero-order valence-corrected chi connectivity index (χ0v) is 13.1. The third-order valence-corrected chi connectivity index (χ3v) is 3.34. The fourth-order valence-corrected chi connectivity index (χ4v) is 2.05. The Kier molecular flexibility index (Phi) is 5.03. The third kappa shape index (κ3) is 3.29. The molecule has 120 valence electrons. The number of methoxy groups -OCH3 is 2. The Morgan fingerprint density at radius 3 is 2.12 bits per heavy atom. The second-order valence-electron chi connectivity index (χ2n) is 4.76. The van der Waals surface area contributed by atoms with E-state index < -0.39 is 11.6 Å². The van der Waals surface area contributed by atoms with Crippen molar-refractivity contribution in [3.05, 3.63) is 59.7 Å². The van der Waals surface area contributed by atoms with Crippen LogP contribution in [0.3, 0.4) is 0 Å². The van der Waals surface area contributed by atoms with Gasteiger partial charge in [0.05, 0.1) is 19.8 Å². The maximum atomic E-state index is 12.4. The summed E-state index contributed by atoms with van der Waals surface area (Å²) in [5.74, 6) is 0.102. The van der Waals surface area contributed by atoms with Gasteiger partial charge in [0, 0.05) is 5.56 Å². The molecule has 0 heterocycles. The molecular weight excluding hydrogens is 308 g/mol. The Hall–Kier alpha value is -3.51. The van der Waals surface area contributed by atoms with E-state index in [0.29, 0.717) is 11.5 Å². The molecule has 0 bridgehead atoms. The Bertz CT molecular complexity index is 819. The lowest BCUT2D eigenvalue weighted by atomic mass is 9.96. The zero-order chi connectivity index (χ0) is 17.6. The lowest BCUT2D eigenvalue weighted by Crippen LogP contribution is -2.29. The van der Waals surface area contributed by atoms with Gasteiger partial charge in [-0.1, -0.05) is 18.2 Å². The summed E-state index contributed by atoms with van der Waals surface area (Å²) in [6.07, 6.45) is 0. The van der Waals surface area contributed by atoms with Crippen molar-refractivity contribution in [1.82, 2.24) is 0 Å². The maximum Gasteiger partial charge on any atom is 0.340 e. The highest BCUT2D eigenvalue weighted by Crippen LogP contribution is 2.29. The van der Waals surface area contributed by atoms with E-state index in [2.05, 4.69) is 0 Å². The van der Waals surface area contributed by atoms with Crippen LogP contribution in [0.1, 0.15) is 15.9 Å². The highest BCUT2D eigenvalue weighted by Gasteiger charge is 2.38. The van der Waals surface area contributed by atoms with E-state index in [9.17, 15) is 15.3 Å². The lowest BCUT2D eigenvalue weighted by Gasteiger charge is -2.20. The average molecular weight is 322 g/mol. The first-order valence-electron chi connectivity index (χ1n) is 6.93. The largest absolute Gasteiger partial charge is 0.497 e. The van der Waals surface area contributed by atoms with Gasteiger partial charge in [0.1, 0.15) is 23.6 Å². The van der Waals surface area contributed by atoms with Crippen LogP contribution >= 0.6 is 0 Å². The van der Waals surface area contributed by atoms with Gasteiger partial charge in [-0.25, -0.2) is 4.79 Å². The summed E-state index contributed by atoms with van der Waals surface area (Å²) in [7, 11) is 2.93. The van der Waals surface area contributed by atoms with Gasteiger partial charge >= 0.3 is 11.6 Å². The summed E-state index contributed by atoms with van der Waals surface area (Å²) in [5.41, 5.74) is -1.69. The average Bonchev–Trinajstić information content (AvgIpc) is 2.66. The highest BCUT2D eigenvalue weighted by atomic mass is 16.6. The first kappa shape index (κ1) is 16.9. The molecule has 0 spiro atoms. The van der Waals surface area contributed by atoms with E-state index in [-0.39, 0.29) is 11.1 Å². The highest BCUT2D eigenvalue weighted by molar-refractivity contribution is 5.90. The molecule has 0 aromatic heterocycles. The maximum absolute atomic E-state index is 12.4. The van der Waals surface area contributed by atoms with Crippen LogP contribution in [0.5, 0.6) is 11.5 Å². The van der Waals surface area contributed by atoms with Gasteiger partial charge < -0.3 is 14.2 Å². The van der Waals surface area contributed by atoms with Crippen molar-refractivity contribution in [3.63, 3.8) is 0 Å². The molecule has 6 heteroatoms. The molecule has 0 aliphatic heterocycles. The molecule has 6 nitrogen and oxygen atoms in total. The SMILES string of the molecule is COc1cccc(C(=O)OC(C#N)(C#N)c2cccc(OC)c2)c1. The number of carbonyl (C=O) groups excluding carboxylic acids is 1. The van der Waals surface area contributed by atoms with Gasteiger partial charge in [0.25, 0.3) is 0 Å². The van der Waals surface area contributed by atoms with Crippen molar-refractivity contribution >= 4 is 5.97 Å². The van der Waals surface area contributed by atoms with Crippen LogP contribution in [-0.2, 0) is 10.3 Å². The predicted octanol–water partition coefficient (Wildman–Crippen LogP) is 2.80. The minimum Gasteiger partial charge on any atom is -0.497 e. The standard InChI is InChI=1S/C18H14N2O4/c1-22-15-7-3-5-13(9-15)17(21)24-18(11-19,12-20)14-6-4-8-16(10-14)23-2/h3-10H,1-2H3. The molecule has 0 saturated heterocycles. The quantitative estimate of drug-likeness (QED) is 0.786. The van der Waals surface area contributed by atoms with Gasteiger partial charge in [0.2, 0.25) is 0 Å². The number of nitriles is 2. The van der Waals surface area contributed by atoms with Crippen LogP contribution in [0.25, 0.3) is 0 Å². The number of nitrogens with zero attached hydrogens (tertiary/aromatic N) is 2. The number of hydrogen-bond acceptors (Lipinski definition) is 6. The van der Waals surface area contributed by atoms with Crippen LogP contribution in [-0.4, -0.2) is 20.2 Å².